The van der Waals surface area contributed by atoms with E-state index in [2.05, 4.69) is 23.2 Å². The van der Waals surface area contributed by atoms with E-state index in [1.807, 2.05) is 42.2 Å². The van der Waals surface area contributed by atoms with Gasteiger partial charge in [-0.25, -0.2) is 0 Å². The maximum absolute atomic E-state index is 12.8. The summed E-state index contributed by atoms with van der Waals surface area (Å²) in [7, 11) is 0. The first-order chi connectivity index (χ1) is 14.1. The Morgan fingerprint density at radius 1 is 1.14 bits per heavy atom. The van der Waals surface area contributed by atoms with Gasteiger partial charge < -0.3 is 4.90 Å². The summed E-state index contributed by atoms with van der Waals surface area (Å²) < 4.78 is 0. The average molecular weight is 406 g/mol. The normalized spacial score (nSPS) is 16.6. The number of carbonyl (C=O) groups is 1. The number of amides is 1. The largest absolute Gasteiger partial charge is 0.337 e. The van der Waals surface area contributed by atoms with Gasteiger partial charge in [0.2, 0.25) is 0 Å². The quantitative estimate of drug-likeness (QED) is 0.610. The minimum atomic E-state index is 0.00195. The van der Waals surface area contributed by atoms with Gasteiger partial charge in [0.1, 0.15) is 5.69 Å². The molecule has 5 heteroatoms. The highest BCUT2D eigenvalue weighted by molar-refractivity contribution is 6.30. The Labute approximate surface area is 176 Å². The lowest BCUT2D eigenvalue weighted by molar-refractivity contribution is 0.0700. The maximum Gasteiger partial charge on any atom is 0.272 e. The topological polar surface area (TPSA) is 46.1 Å². The predicted molar refractivity (Wildman–Crippen MR) is 115 cm³/mol. The number of aromatic nitrogens is 2. The van der Waals surface area contributed by atoms with Crippen LogP contribution in [-0.4, -0.2) is 33.9 Å². The molecule has 3 aromatic rings. The SMILES string of the molecule is Cc1cc(Cc2cccc(Cl)c2)cc([C@@H]2CCCN(C(=O)c3ccccn3)C2)n1. The van der Waals surface area contributed by atoms with Crippen molar-refractivity contribution in [1.82, 2.24) is 14.9 Å². The van der Waals surface area contributed by atoms with Gasteiger partial charge in [-0.15, -0.1) is 0 Å². The maximum atomic E-state index is 12.8. The molecule has 3 heterocycles. The standard InChI is InChI=1S/C24H24ClN3O/c1-17-12-19(13-18-6-4-8-21(25)14-18)15-23(27-17)20-7-5-11-28(16-20)24(29)22-9-2-3-10-26-22/h2-4,6,8-10,12,14-15,20H,5,7,11,13,16H2,1H3/t20-/m1/s1. The van der Waals surface area contributed by atoms with Gasteiger partial charge in [0.15, 0.2) is 0 Å². The summed E-state index contributed by atoms with van der Waals surface area (Å²) in [5, 5.41) is 0.754. The highest BCUT2D eigenvalue weighted by atomic mass is 35.5. The van der Waals surface area contributed by atoms with Crippen LogP contribution in [0.25, 0.3) is 0 Å². The minimum Gasteiger partial charge on any atom is -0.337 e. The lowest BCUT2D eigenvalue weighted by atomic mass is 9.92. The third-order valence-electron chi connectivity index (χ3n) is 5.34. The van der Waals surface area contributed by atoms with Crippen LogP contribution in [0.1, 0.15) is 51.8 Å². The number of aryl methyl sites for hydroxylation is 1. The number of hydrogen-bond donors (Lipinski definition) is 0. The molecule has 1 aromatic carbocycles. The lowest BCUT2D eigenvalue weighted by Gasteiger charge is -2.32. The Hall–Kier alpha value is -2.72. The van der Waals surface area contributed by atoms with Gasteiger partial charge in [0.25, 0.3) is 5.91 Å². The number of rotatable bonds is 4. The predicted octanol–water partition coefficient (Wildman–Crippen LogP) is 5.05. The molecule has 4 nitrogen and oxygen atoms in total. The van der Waals surface area contributed by atoms with Crippen molar-refractivity contribution >= 4 is 17.5 Å². The zero-order valence-electron chi connectivity index (χ0n) is 16.5. The Balaban J connectivity index is 1.53. The van der Waals surface area contributed by atoms with Crippen LogP contribution in [0.15, 0.2) is 60.8 Å². The molecule has 0 saturated carbocycles. The fourth-order valence-electron chi connectivity index (χ4n) is 4.02. The first-order valence-corrected chi connectivity index (χ1v) is 10.4. The number of piperidine rings is 1. The fraction of sp³-hybridized carbons (Fsp3) is 0.292. The third kappa shape index (κ3) is 4.83. The molecule has 0 spiro atoms. The summed E-state index contributed by atoms with van der Waals surface area (Å²) in [6, 6.07) is 17.7. The van der Waals surface area contributed by atoms with Crippen LogP contribution in [-0.2, 0) is 6.42 Å². The summed E-state index contributed by atoms with van der Waals surface area (Å²) in [5.74, 6) is 0.247. The van der Waals surface area contributed by atoms with Gasteiger partial charge in [-0.05, 0) is 73.7 Å². The molecule has 0 unspecified atom stereocenters. The Kier molecular flexibility index (Phi) is 5.91. The van der Waals surface area contributed by atoms with Crippen molar-refractivity contribution in [3.05, 3.63) is 94.0 Å². The summed E-state index contributed by atoms with van der Waals surface area (Å²) in [4.78, 5) is 23.7. The zero-order chi connectivity index (χ0) is 20.2. The van der Waals surface area contributed by atoms with Crippen LogP contribution >= 0.6 is 11.6 Å². The van der Waals surface area contributed by atoms with E-state index in [4.69, 9.17) is 16.6 Å². The molecule has 0 aliphatic carbocycles. The van der Waals surface area contributed by atoms with E-state index in [1.54, 1.807) is 12.3 Å². The summed E-state index contributed by atoms with van der Waals surface area (Å²) in [6.45, 7) is 3.49. The molecule has 1 aliphatic heterocycles. The highest BCUT2D eigenvalue weighted by Gasteiger charge is 2.27. The molecule has 1 saturated heterocycles. The summed E-state index contributed by atoms with van der Waals surface area (Å²) in [6.07, 6.45) is 4.50. The van der Waals surface area contributed by atoms with Gasteiger partial charge in [0, 0.05) is 41.6 Å². The number of benzene rings is 1. The van der Waals surface area contributed by atoms with Crippen molar-refractivity contribution in [3.8, 4) is 0 Å². The molecule has 1 aliphatic rings. The number of likely N-dealkylation sites (tertiary alicyclic amines) is 1. The van der Waals surface area contributed by atoms with Crippen molar-refractivity contribution < 1.29 is 4.79 Å². The van der Waals surface area contributed by atoms with Crippen LogP contribution < -0.4 is 0 Å². The zero-order valence-corrected chi connectivity index (χ0v) is 17.3. The van der Waals surface area contributed by atoms with E-state index in [0.717, 1.165) is 42.2 Å². The van der Waals surface area contributed by atoms with Crippen molar-refractivity contribution in [2.75, 3.05) is 13.1 Å². The number of hydrogen-bond acceptors (Lipinski definition) is 3. The molecule has 148 valence electrons. The molecular weight excluding hydrogens is 382 g/mol. The lowest BCUT2D eigenvalue weighted by Crippen LogP contribution is -2.39. The summed E-state index contributed by atoms with van der Waals surface area (Å²) >= 11 is 6.14. The molecule has 1 amide bonds. The van der Waals surface area contributed by atoms with E-state index < -0.39 is 0 Å². The fourth-order valence-corrected chi connectivity index (χ4v) is 4.23. The van der Waals surface area contributed by atoms with Crippen molar-refractivity contribution in [3.63, 3.8) is 0 Å². The van der Waals surface area contributed by atoms with E-state index in [0.29, 0.717) is 12.2 Å². The van der Waals surface area contributed by atoms with Crippen molar-refractivity contribution in [2.45, 2.75) is 32.1 Å². The molecule has 1 fully saturated rings. The molecular formula is C24H24ClN3O. The van der Waals surface area contributed by atoms with E-state index in [-0.39, 0.29) is 11.8 Å². The Morgan fingerprint density at radius 2 is 2.03 bits per heavy atom. The smallest absolute Gasteiger partial charge is 0.272 e. The molecule has 1 atom stereocenters. The molecule has 0 bridgehead atoms. The minimum absolute atomic E-state index is 0.00195. The van der Waals surface area contributed by atoms with Gasteiger partial charge >= 0.3 is 0 Å². The third-order valence-corrected chi connectivity index (χ3v) is 5.58. The first-order valence-electron chi connectivity index (χ1n) is 10.0. The van der Waals surface area contributed by atoms with E-state index in [9.17, 15) is 4.79 Å². The second kappa shape index (κ2) is 8.75. The molecule has 0 N–H and O–H groups in total. The first kappa shape index (κ1) is 19.6. The van der Waals surface area contributed by atoms with Crippen LogP contribution in [0.4, 0.5) is 0 Å². The number of carbonyl (C=O) groups excluding carboxylic acids is 1. The Morgan fingerprint density at radius 3 is 2.83 bits per heavy atom. The Bertz CT molecular complexity index is 1010. The highest BCUT2D eigenvalue weighted by Crippen LogP contribution is 2.28. The van der Waals surface area contributed by atoms with Gasteiger partial charge in [-0.3, -0.25) is 14.8 Å². The van der Waals surface area contributed by atoms with Crippen molar-refractivity contribution in [2.24, 2.45) is 0 Å². The van der Waals surface area contributed by atoms with Crippen molar-refractivity contribution in [1.29, 1.82) is 0 Å². The van der Waals surface area contributed by atoms with Gasteiger partial charge in [-0.1, -0.05) is 29.8 Å². The number of nitrogens with zero attached hydrogens (tertiary/aromatic N) is 3. The second-order valence-electron chi connectivity index (χ2n) is 7.65. The molecule has 2 aromatic heterocycles. The van der Waals surface area contributed by atoms with Crippen LogP contribution in [0.3, 0.4) is 0 Å². The summed E-state index contributed by atoms with van der Waals surface area (Å²) in [5.41, 5.74) is 4.99. The average Bonchev–Trinajstić information content (AvgIpc) is 2.73. The monoisotopic (exact) mass is 405 g/mol. The number of pyridine rings is 2. The van der Waals surface area contributed by atoms with Crippen LogP contribution in [0.5, 0.6) is 0 Å². The van der Waals surface area contributed by atoms with Gasteiger partial charge in [-0.2, -0.15) is 0 Å². The molecule has 0 radical (unpaired) electrons. The molecule has 4 rings (SSSR count). The van der Waals surface area contributed by atoms with Gasteiger partial charge in [0.05, 0.1) is 0 Å². The van der Waals surface area contributed by atoms with E-state index in [1.165, 1.54) is 11.1 Å². The van der Waals surface area contributed by atoms with E-state index >= 15 is 0 Å². The van der Waals surface area contributed by atoms with Crippen LogP contribution in [0.2, 0.25) is 5.02 Å². The van der Waals surface area contributed by atoms with Crippen LogP contribution in [0, 0.1) is 6.92 Å². The number of halogens is 1. The second-order valence-corrected chi connectivity index (χ2v) is 8.09. The molecule has 29 heavy (non-hydrogen) atoms.